The van der Waals surface area contributed by atoms with Crippen LogP contribution < -0.4 is 10.2 Å². The average Bonchev–Trinajstić information content (AvgIpc) is 2.27. The Morgan fingerprint density at radius 1 is 1.39 bits per heavy atom. The summed E-state index contributed by atoms with van der Waals surface area (Å²) in [7, 11) is 0. The molecule has 0 spiro atoms. The molecule has 1 aliphatic heterocycles. The molecule has 18 heavy (non-hydrogen) atoms. The lowest BCUT2D eigenvalue weighted by Crippen LogP contribution is -2.56. The first-order valence-electron chi connectivity index (χ1n) is 5.88. The average molecular weight is 250 g/mol. The number of anilines is 1. The quantitative estimate of drug-likeness (QED) is 0.875. The van der Waals surface area contributed by atoms with Gasteiger partial charge in [-0.05, 0) is 24.1 Å². The van der Waals surface area contributed by atoms with Gasteiger partial charge in [0.05, 0.1) is 5.69 Å². The highest BCUT2D eigenvalue weighted by Crippen LogP contribution is 2.22. The van der Waals surface area contributed by atoms with E-state index in [1.54, 1.807) is 0 Å². The molecule has 5 heteroatoms. The van der Waals surface area contributed by atoms with E-state index in [2.05, 4.69) is 5.32 Å². The second-order valence-electron chi connectivity index (χ2n) is 4.71. The molecule has 3 amide bonds. The smallest absolute Gasteiger partial charge is 0.328 e. The molecule has 1 fully saturated rings. The Morgan fingerprint density at radius 2 is 2.11 bits per heavy atom. The fourth-order valence-corrected chi connectivity index (χ4v) is 1.95. The number of imide groups is 1. The Bertz CT molecular complexity index is 470. The van der Waals surface area contributed by atoms with Crippen LogP contribution in [-0.4, -0.2) is 18.0 Å². The van der Waals surface area contributed by atoms with Gasteiger partial charge in [0.1, 0.15) is 5.82 Å². The van der Waals surface area contributed by atoms with E-state index >= 15 is 0 Å². The van der Waals surface area contributed by atoms with Crippen molar-refractivity contribution in [3.63, 3.8) is 0 Å². The number of hydrogen-bond acceptors (Lipinski definition) is 2. The number of hydrogen-bond donors (Lipinski definition) is 1. The minimum absolute atomic E-state index is 0.158. The number of halogens is 1. The lowest BCUT2D eigenvalue weighted by atomic mass is 9.98. The van der Waals surface area contributed by atoms with E-state index in [1.807, 2.05) is 13.8 Å². The summed E-state index contributed by atoms with van der Waals surface area (Å²) >= 11 is 0. The van der Waals surface area contributed by atoms with E-state index in [1.165, 1.54) is 24.3 Å². The number of nitrogens with zero attached hydrogens (tertiary/aromatic N) is 1. The van der Waals surface area contributed by atoms with E-state index < -0.39 is 11.8 Å². The van der Waals surface area contributed by atoms with E-state index in [-0.39, 0.29) is 30.0 Å². The summed E-state index contributed by atoms with van der Waals surface area (Å²) in [5.74, 6) is -0.588. The third-order valence-corrected chi connectivity index (χ3v) is 3.03. The third kappa shape index (κ3) is 2.34. The van der Waals surface area contributed by atoms with Crippen molar-refractivity contribution >= 4 is 17.6 Å². The molecule has 0 aliphatic carbocycles. The molecule has 96 valence electrons. The Balaban J connectivity index is 2.25. The fraction of sp³-hybridized carbons (Fsp3) is 0.385. The highest BCUT2D eigenvalue weighted by atomic mass is 19.1. The van der Waals surface area contributed by atoms with Crippen LogP contribution in [0.3, 0.4) is 0 Å². The molecule has 1 aliphatic rings. The number of nitrogens with one attached hydrogen (secondary N) is 1. The summed E-state index contributed by atoms with van der Waals surface area (Å²) in [6.07, 6.45) is 0.236. The number of rotatable bonds is 2. The van der Waals surface area contributed by atoms with Gasteiger partial charge in [-0.2, -0.15) is 0 Å². The second kappa shape index (κ2) is 4.76. The Kier molecular flexibility index (Phi) is 3.32. The number of urea groups is 1. The van der Waals surface area contributed by atoms with E-state index in [9.17, 15) is 14.0 Å². The van der Waals surface area contributed by atoms with Crippen LogP contribution in [-0.2, 0) is 4.79 Å². The molecule has 1 unspecified atom stereocenters. The first kappa shape index (κ1) is 12.5. The predicted octanol–water partition coefficient (Wildman–Crippen LogP) is 2.30. The van der Waals surface area contributed by atoms with E-state index in [0.717, 1.165) is 4.90 Å². The Labute approximate surface area is 105 Å². The van der Waals surface area contributed by atoms with Gasteiger partial charge in [-0.25, -0.2) is 14.1 Å². The molecule has 1 aromatic rings. The monoisotopic (exact) mass is 250 g/mol. The molecule has 1 aromatic carbocycles. The summed E-state index contributed by atoms with van der Waals surface area (Å²) in [5.41, 5.74) is 0.264. The molecule has 0 radical (unpaired) electrons. The van der Waals surface area contributed by atoms with Gasteiger partial charge in [-0.3, -0.25) is 4.79 Å². The van der Waals surface area contributed by atoms with Gasteiger partial charge in [0, 0.05) is 12.5 Å². The van der Waals surface area contributed by atoms with Crippen molar-refractivity contribution in [2.75, 3.05) is 4.90 Å². The van der Waals surface area contributed by atoms with Crippen molar-refractivity contribution in [2.45, 2.75) is 26.3 Å². The van der Waals surface area contributed by atoms with Gasteiger partial charge in [0.15, 0.2) is 0 Å². The predicted molar refractivity (Wildman–Crippen MR) is 65.7 cm³/mol. The standard InChI is InChI=1S/C13H15FN2O2/c1-8(2)11-7-12(17)16(13(18)15-11)10-5-3-4-9(14)6-10/h3-6,8,11H,7H2,1-2H3,(H,15,18). The normalized spacial score (nSPS) is 20.2. The number of carbonyl (C=O) groups excluding carboxylic acids is 2. The van der Waals surface area contributed by atoms with Crippen LogP contribution >= 0.6 is 0 Å². The fourth-order valence-electron chi connectivity index (χ4n) is 1.95. The van der Waals surface area contributed by atoms with Crippen LogP contribution in [0.5, 0.6) is 0 Å². The summed E-state index contributed by atoms with van der Waals surface area (Å²) in [6.45, 7) is 3.88. The topological polar surface area (TPSA) is 49.4 Å². The zero-order valence-corrected chi connectivity index (χ0v) is 10.3. The highest BCUT2D eigenvalue weighted by molar-refractivity contribution is 6.16. The second-order valence-corrected chi connectivity index (χ2v) is 4.71. The van der Waals surface area contributed by atoms with Crippen LogP contribution in [0, 0.1) is 11.7 Å². The van der Waals surface area contributed by atoms with E-state index in [4.69, 9.17) is 0 Å². The van der Waals surface area contributed by atoms with E-state index in [0.29, 0.717) is 0 Å². The minimum atomic E-state index is -0.490. The summed E-state index contributed by atoms with van der Waals surface area (Å²) in [5, 5.41) is 2.76. The number of amides is 3. The lowest BCUT2D eigenvalue weighted by molar-refractivity contribution is -0.119. The van der Waals surface area contributed by atoms with Gasteiger partial charge in [-0.15, -0.1) is 0 Å². The molecule has 4 nitrogen and oxygen atoms in total. The maximum Gasteiger partial charge on any atom is 0.328 e. The molecular weight excluding hydrogens is 235 g/mol. The number of benzene rings is 1. The summed E-state index contributed by atoms with van der Waals surface area (Å²) < 4.78 is 13.1. The molecule has 0 bridgehead atoms. The van der Waals surface area contributed by atoms with Gasteiger partial charge in [0.2, 0.25) is 5.91 Å². The van der Waals surface area contributed by atoms with Crippen LogP contribution in [0.2, 0.25) is 0 Å². The maximum atomic E-state index is 13.1. The van der Waals surface area contributed by atoms with Gasteiger partial charge in [-0.1, -0.05) is 19.9 Å². The Morgan fingerprint density at radius 3 is 2.67 bits per heavy atom. The summed E-state index contributed by atoms with van der Waals surface area (Å²) in [6, 6.07) is 4.81. The van der Waals surface area contributed by atoms with Crippen molar-refractivity contribution in [2.24, 2.45) is 5.92 Å². The Hall–Kier alpha value is -1.91. The van der Waals surface area contributed by atoms with Crippen molar-refractivity contribution in [1.29, 1.82) is 0 Å². The maximum absolute atomic E-state index is 13.1. The molecule has 1 heterocycles. The van der Waals surface area contributed by atoms with Crippen LogP contribution in [0.15, 0.2) is 24.3 Å². The third-order valence-electron chi connectivity index (χ3n) is 3.03. The van der Waals surface area contributed by atoms with Crippen LogP contribution in [0.4, 0.5) is 14.9 Å². The molecule has 2 rings (SSSR count). The first-order chi connectivity index (χ1) is 8.49. The van der Waals surface area contributed by atoms with Crippen molar-refractivity contribution < 1.29 is 14.0 Å². The lowest BCUT2D eigenvalue weighted by Gasteiger charge is -2.33. The van der Waals surface area contributed by atoms with Crippen molar-refractivity contribution in [3.8, 4) is 0 Å². The SMILES string of the molecule is CC(C)C1CC(=O)N(c2cccc(F)c2)C(=O)N1. The molecular formula is C13H15FN2O2. The van der Waals surface area contributed by atoms with Crippen LogP contribution in [0.1, 0.15) is 20.3 Å². The van der Waals surface area contributed by atoms with Gasteiger partial charge in [0.25, 0.3) is 0 Å². The molecule has 0 saturated carbocycles. The van der Waals surface area contributed by atoms with Crippen LogP contribution in [0.25, 0.3) is 0 Å². The van der Waals surface area contributed by atoms with Crippen molar-refractivity contribution in [1.82, 2.24) is 5.32 Å². The zero-order chi connectivity index (χ0) is 13.3. The molecule has 0 aromatic heterocycles. The van der Waals surface area contributed by atoms with Gasteiger partial charge >= 0.3 is 6.03 Å². The summed E-state index contributed by atoms with van der Waals surface area (Å²) in [4.78, 5) is 24.9. The minimum Gasteiger partial charge on any atom is -0.334 e. The zero-order valence-electron chi connectivity index (χ0n) is 10.3. The van der Waals surface area contributed by atoms with Crippen molar-refractivity contribution in [3.05, 3.63) is 30.1 Å². The number of carbonyl (C=O) groups is 2. The molecule has 1 saturated heterocycles. The first-order valence-corrected chi connectivity index (χ1v) is 5.88. The van der Waals surface area contributed by atoms with Gasteiger partial charge < -0.3 is 5.32 Å². The molecule has 1 N–H and O–H groups in total. The molecule has 1 atom stereocenters. The highest BCUT2D eigenvalue weighted by Gasteiger charge is 2.34. The largest absolute Gasteiger partial charge is 0.334 e.